The van der Waals surface area contributed by atoms with Gasteiger partial charge in [-0.2, -0.15) is 0 Å². The number of aliphatic hydroxyl groups is 1. The Kier molecular flexibility index (Phi) is 8.59. The average Bonchev–Trinajstić information content (AvgIpc) is 3.17. The zero-order valence-corrected chi connectivity index (χ0v) is 23.2. The molecule has 0 radical (unpaired) electrons. The van der Waals surface area contributed by atoms with Gasteiger partial charge in [-0.05, 0) is 79.4 Å². The van der Waals surface area contributed by atoms with Crippen LogP contribution in [-0.2, 0) is 16.1 Å². The van der Waals surface area contributed by atoms with Gasteiger partial charge in [0.15, 0.2) is 0 Å². The molecule has 1 heterocycles. The molecule has 3 aromatic carbocycles. The molecule has 1 N–H and O–H groups in total. The number of ketones is 1. The molecule has 204 valence electrons. The van der Waals surface area contributed by atoms with Crippen molar-refractivity contribution in [1.29, 1.82) is 0 Å². The Labute approximate surface area is 230 Å². The van der Waals surface area contributed by atoms with E-state index in [0.717, 1.165) is 34.5 Å². The fourth-order valence-electron chi connectivity index (χ4n) is 4.77. The molecule has 1 aliphatic rings. The number of hydrogen-bond donors (Lipinski definition) is 1. The zero-order valence-electron chi connectivity index (χ0n) is 23.2. The highest BCUT2D eigenvalue weighted by Gasteiger charge is 2.46. The van der Waals surface area contributed by atoms with Crippen LogP contribution in [0.2, 0.25) is 0 Å². The molecule has 1 amide bonds. The van der Waals surface area contributed by atoms with E-state index in [1.807, 2.05) is 88.3 Å². The van der Waals surface area contributed by atoms with Crippen molar-refractivity contribution in [2.75, 3.05) is 32.2 Å². The monoisotopic (exact) mass is 528 g/mol. The molecular weight excluding hydrogens is 492 g/mol. The van der Waals surface area contributed by atoms with E-state index < -0.39 is 17.7 Å². The first-order valence-electron chi connectivity index (χ1n) is 13.3. The smallest absolute Gasteiger partial charge is 0.295 e. The van der Waals surface area contributed by atoms with Crippen LogP contribution in [0.1, 0.15) is 48.6 Å². The van der Waals surface area contributed by atoms with E-state index in [2.05, 4.69) is 0 Å². The van der Waals surface area contributed by atoms with E-state index in [1.165, 1.54) is 4.90 Å². The van der Waals surface area contributed by atoms with Gasteiger partial charge in [0.05, 0.1) is 24.8 Å². The molecule has 0 bridgehead atoms. The second-order valence-electron chi connectivity index (χ2n) is 9.82. The SMILES string of the molecule is CCCOc1ccc(/C(O)=C2/C(=O)C(=O)N(Cc3cccc(OCC)c3)C2c2ccc(N(C)C)cc2)cc1C. The number of amides is 1. The largest absolute Gasteiger partial charge is 0.507 e. The highest BCUT2D eigenvalue weighted by molar-refractivity contribution is 6.46. The van der Waals surface area contributed by atoms with Crippen molar-refractivity contribution in [3.63, 3.8) is 0 Å². The van der Waals surface area contributed by atoms with Gasteiger partial charge in [0.1, 0.15) is 17.3 Å². The maximum atomic E-state index is 13.5. The van der Waals surface area contributed by atoms with Crippen molar-refractivity contribution in [2.45, 2.75) is 39.8 Å². The number of benzene rings is 3. The predicted molar refractivity (Wildman–Crippen MR) is 153 cm³/mol. The molecule has 1 atom stereocenters. The predicted octanol–water partition coefficient (Wildman–Crippen LogP) is 5.87. The van der Waals surface area contributed by atoms with Crippen LogP contribution in [0.3, 0.4) is 0 Å². The van der Waals surface area contributed by atoms with Crippen LogP contribution in [0.5, 0.6) is 11.5 Å². The van der Waals surface area contributed by atoms with Gasteiger partial charge in [-0.15, -0.1) is 0 Å². The third-order valence-corrected chi connectivity index (χ3v) is 6.74. The number of carbonyl (C=O) groups excluding carboxylic acids is 2. The van der Waals surface area contributed by atoms with Crippen molar-refractivity contribution in [2.24, 2.45) is 0 Å². The van der Waals surface area contributed by atoms with Crippen LogP contribution >= 0.6 is 0 Å². The maximum absolute atomic E-state index is 13.5. The first kappa shape index (κ1) is 27.8. The number of aryl methyl sites for hydroxylation is 1. The zero-order chi connectivity index (χ0) is 28.1. The Morgan fingerprint density at radius 1 is 0.974 bits per heavy atom. The molecule has 1 unspecified atom stereocenters. The number of hydrogen-bond acceptors (Lipinski definition) is 6. The molecule has 0 aliphatic carbocycles. The van der Waals surface area contributed by atoms with Crippen LogP contribution in [0.25, 0.3) is 5.76 Å². The number of nitrogens with zero attached hydrogens (tertiary/aromatic N) is 2. The van der Waals surface area contributed by atoms with Gasteiger partial charge in [-0.1, -0.05) is 31.2 Å². The fourth-order valence-corrected chi connectivity index (χ4v) is 4.77. The topological polar surface area (TPSA) is 79.3 Å². The summed E-state index contributed by atoms with van der Waals surface area (Å²) in [4.78, 5) is 30.4. The first-order valence-corrected chi connectivity index (χ1v) is 13.3. The van der Waals surface area contributed by atoms with E-state index >= 15 is 0 Å². The summed E-state index contributed by atoms with van der Waals surface area (Å²) in [5.41, 5.74) is 3.91. The summed E-state index contributed by atoms with van der Waals surface area (Å²) in [6.07, 6.45) is 0.880. The van der Waals surface area contributed by atoms with E-state index in [0.29, 0.717) is 24.5 Å². The fraction of sp³-hybridized carbons (Fsp3) is 0.312. The second-order valence-corrected chi connectivity index (χ2v) is 9.82. The Morgan fingerprint density at radius 3 is 2.36 bits per heavy atom. The molecule has 7 nitrogen and oxygen atoms in total. The first-order chi connectivity index (χ1) is 18.7. The van der Waals surface area contributed by atoms with Crippen molar-refractivity contribution in [3.8, 4) is 11.5 Å². The molecule has 39 heavy (non-hydrogen) atoms. The minimum Gasteiger partial charge on any atom is -0.507 e. The third-order valence-electron chi connectivity index (χ3n) is 6.74. The van der Waals surface area contributed by atoms with Crippen molar-refractivity contribution in [1.82, 2.24) is 4.90 Å². The van der Waals surface area contributed by atoms with Crippen LogP contribution in [-0.4, -0.2) is 49.0 Å². The van der Waals surface area contributed by atoms with Gasteiger partial charge in [-0.25, -0.2) is 0 Å². The molecule has 4 rings (SSSR count). The molecule has 1 saturated heterocycles. The van der Waals surface area contributed by atoms with Crippen LogP contribution in [0.4, 0.5) is 5.69 Å². The quantitative estimate of drug-likeness (QED) is 0.201. The molecule has 0 saturated carbocycles. The van der Waals surface area contributed by atoms with Crippen molar-refractivity contribution >= 4 is 23.1 Å². The van der Waals surface area contributed by atoms with Crippen LogP contribution in [0, 0.1) is 6.92 Å². The highest BCUT2D eigenvalue weighted by atomic mass is 16.5. The Morgan fingerprint density at radius 2 is 1.72 bits per heavy atom. The average molecular weight is 529 g/mol. The summed E-state index contributed by atoms with van der Waals surface area (Å²) < 4.78 is 11.4. The second kappa shape index (κ2) is 12.1. The lowest BCUT2D eigenvalue weighted by Crippen LogP contribution is -2.29. The summed E-state index contributed by atoms with van der Waals surface area (Å²) >= 11 is 0. The van der Waals surface area contributed by atoms with E-state index in [1.54, 1.807) is 18.2 Å². The van der Waals surface area contributed by atoms with Crippen molar-refractivity contribution < 1.29 is 24.2 Å². The number of ether oxygens (including phenoxy) is 2. The van der Waals surface area contributed by atoms with Gasteiger partial charge in [0.25, 0.3) is 11.7 Å². The van der Waals surface area contributed by atoms with Crippen LogP contribution < -0.4 is 14.4 Å². The normalized spacial score (nSPS) is 16.4. The lowest BCUT2D eigenvalue weighted by Gasteiger charge is -2.26. The summed E-state index contributed by atoms with van der Waals surface area (Å²) in [6.45, 7) is 7.13. The van der Waals surface area contributed by atoms with Gasteiger partial charge in [0, 0.05) is 31.9 Å². The molecule has 0 aromatic heterocycles. The summed E-state index contributed by atoms with van der Waals surface area (Å²) in [5, 5.41) is 11.5. The summed E-state index contributed by atoms with van der Waals surface area (Å²) in [7, 11) is 3.89. The number of Topliss-reactive ketones (excluding diaryl/α,β-unsaturated/α-hetero) is 1. The molecule has 1 aliphatic heterocycles. The molecule has 7 heteroatoms. The number of rotatable bonds is 10. The number of likely N-dealkylation sites (tertiary alicyclic amines) is 1. The number of aliphatic hydroxyl groups excluding tert-OH is 1. The van der Waals surface area contributed by atoms with Crippen LogP contribution in [0.15, 0.2) is 72.3 Å². The highest BCUT2D eigenvalue weighted by Crippen LogP contribution is 2.41. The Hall–Kier alpha value is -4.26. The van der Waals surface area contributed by atoms with Crippen molar-refractivity contribution in [3.05, 3.63) is 94.6 Å². The summed E-state index contributed by atoms with van der Waals surface area (Å²) in [5.74, 6) is -0.150. The Bertz CT molecular complexity index is 1380. The third kappa shape index (κ3) is 5.93. The standard InChI is InChI=1S/C32H36N2O5/c1-6-17-39-27-16-13-24(18-21(27)3)30(35)28-29(23-11-14-25(15-12-23)33(4)5)34(32(37)31(28)36)20-22-9-8-10-26(19-22)38-7-2/h8-16,18-19,29,35H,6-7,17,20H2,1-5H3/b30-28-. The number of carbonyl (C=O) groups is 2. The van der Waals surface area contributed by atoms with E-state index in [9.17, 15) is 14.7 Å². The van der Waals surface area contributed by atoms with Gasteiger partial charge < -0.3 is 24.4 Å². The Balaban J connectivity index is 1.80. The van der Waals surface area contributed by atoms with Gasteiger partial charge in [0.2, 0.25) is 0 Å². The lowest BCUT2D eigenvalue weighted by molar-refractivity contribution is -0.140. The lowest BCUT2D eigenvalue weighted by atomic mass is 9.94. The molecule has 0 spiro atoms. The minimum absolute atomic E-state index is 0.0696. The van der Waals surface area contributed by atoms with E-state index in [4.69, 9.17) is 9.47 Å². The molecule has 1 fully saturated rings. The molecule has 3 aromatic rings. The van der Waals surface area contributed by atoms with Gasteiger partial charge in [-0.3, -0.25) is 9.59 Å². The number of anilines is 1. The van der Waals surface area contributed by atoms with Gasteiger partial charge >= 0.3 is 0 Å². The minimum atomic E-state index is -0.756. The van der Waals surface area contributed by atoms with E-state index in [-0.39, 0.29) is 17.9 Å². The summed E-state index contributed by atoms with van der Waals surface area (Å²) in [6, 6.07) is 19.7. The maximum Gasteiger partial charge on any atom is 0.295 e. The molecular formula is C32H36N2O5.